The monoisotopic (exact) mass is 913 g/mol. The Bertz CT molecular complexity index is 1550. The maximum Gasteiger partial charge on any atom is 0.313 e. The molecule has 2 aromatic rings. The van der Waals surface area contributed by atoms with Gasteiger partial charge in [0.25, 0.3) is 11.8 Å². The van der Waals surface area contributed by atoms with Gasteiger partial charge in [-0.3, -0.25) is 19.3 Å². The van der Waals surface area contributed by atoms with Gasteiger partial charge in [0.05, 0.1) is 183 Å². The maximum atomic E-state index is 13.6. The molecule has 0 aliphatic carbocycles. The lowest BCUT2D eigenvalue weighted by molar-refractivity contribution is -0.136. The predicted molar refractivity (Wildman–Crippen MR) is 208 cm³/mol. The topological polar surface area (TPSA) is 174 Å². The molecule has 0 aromatic heterocycles. The SMILES string of the molecule is O=C(CCOCCOCCOCCOCCOCCOCCOCCOCCOCCOCCOCCOCCN1C(=O)c2ccccc2C1=O)Oc1c(F)c(F)c(F)c(F)c1F. The third kappa shape index (κ3) is 21.6. The molecule has 0 saturated carbocycles. The van der Waals surface area contributed by atoms with Crippen LogP contribution in [0.2, 0.25) is 0 Å². The highest BCUT2D eigenvalue weighted by atomic mass is 19.2. The summed E-state index contributed by atoms with van der Waals surface area (Å²) in [7, 11) is 0. The summed E-state index contributed by atoms with van der Waals surface area (Å²) in [6.07, 6.45) is -0.496. The molecule has 1 heterocycles. The minimum absolute atomic E-state index is 0.0704. The standard InChI is InChI=1S/C41H56F5NO16/c42-34-35(43)37(45)39(38(46)36(34)44)63-33(48)5-7-51-9-11-53-13-15-55-17-19-57-21-23-59-25-27-61-29-30-62-28-26-60-24-22-58-20-18-56-16-14-54-12-10-52-8-6-47-40(49)31-3-1-2-4-32(31)41(47)50/h1-4H,5-30H2. The Morgan fingerprint density at radius 2 is 0.635 bits per heavy atom. The fourth-order valence-corrected chi connectivity index (χ4v) is 5.11. The Balaban J connectivity index is 0.922. The van der Waals surface area contributed by atoms with E-state index in [-0.39, 0.29) is 51.4 Å². The van der Waals surface area contributed by atoms with Crippen LogP contribution in [0.1, 0.15) is 27.1 Å². The number of hydrogen-bond donors (Lipinski definition) is 0. The Hall–Kier alpha value is -3.78. The summed E-state index contributed by atoms with van der Waals surface area (Å²) >= 11 is 0. The smallest absolute Gasteiger partial charge is 0.313 e. The largest absolute Gasteiger partial charge is 0.420 e. The van der Waals surface area contributed by atoms with E-state index in [4.69, 9.17) is 56.8 Å². The van der Waals surface area contributed by atoms with Crippen molar-refractivity contribution in [2.24, 2.45) is 0 Å². The highest BCUT2D eigenvalue weighted by Crippen LogP contribution is 2.29. The molecule has 0 spiro atoms. The second kappa shape index (κ2) is 33.7. The second-order valence-corrected chi connectivity index (χ2v) is 12.8. The van der Waals surface area contributed by atoms with E-state index in [0.717, 1.165) is 0 Å². The maximum absolute atomic E-state index is 13.6. The van der Waals surface area contributed by atoms with Gasteiger partial charge in [0.2, 0.25) is 34.8 Å². The van der Waals surface area contributed by atoms with E-state index >= 15 is 0 Å². The van der Waals surface area contributed by atoms with Crippen molar-refractivity contribution in [1.82, 2.24) is 4.90 Å². The van der Waals surface area contributed by atoms with Gasteiger partial charge in [-0.05, 0) is 12.1 Å². The van der Waals surface area contributed by atoms with Gasteiger partial charge in [-0.25, -0.2) is 13.2 Å². The van der Waals surface area contributed by atoms with Gasteiger partial charge >= 0.3 is 5.97 Å². The molecule has 0 N–H and O–H groups in total. The number of fused-ring (bicyclic) bond motifs is 1. The summed E-state index contributed by atoms with van der Waals surface area (Å²) in [5.41, 5.74) is 0.847. The van der Waals surface area contributed by atoms with Gasteiger partial charge in [-0.1, -0.05) is 12.1 Å². The summed E-state index contributed by atoms with van der Waals surface area (Å²) in [5, 5.41) is 0. The van der Waals surface area contributed by atoms with Crippen molar-refractivity contribution in [2.75, 3.05) is 165 Å². The van der Waals surface area contributed by atoms with Gasteiger partial charge in [0, 0.05) is 0 Å². The van der Waals surface area contributed by atoms with Crippen LogP contribution >= 0.6 is 0 Å². The zero-order valence-electron chi connectivity index (χ0n) is 35.1. The van der Waals surface area contributed by atoms with Crippen LogP contribution in [0.15, 0.2) is 24.3 Å². The Morgan fingerprint density at radius 3 is 0.937 bits per heavy atom. The van der Waals surface area contributed by atoms with Crippen molar-refractivity contribution in [3.8, 4) is 5.75 Å². The van der Waals surface area contributed by atoms with Crippen LogP contribution in [0.25, 0.3) is 0 Å². The second-order valence-electron chi connectivity index (χ2n) is 12.8. The lowest BCUT2D eigenvalue weighted by Crippen LogP contribution is -2.33. The Kier molecular flexibility index (Phi) is 28.6. The number of carbonyl (C=O) groups is 3. The molecule has 0 atom stereocenters. The van der Waals surface area contributed by atoms with Crippen molar-refractivity contribution in [3.63, 3.8) is 0 Å². The molecular formula is C41H56F5NO16. The first kappa shape index (κ1) is 53.6. The van der Waals surface area contributed by atoms with Gasteiger partial charge in [0.15, 0.2) is 0 Å². The molecule has 17 nitrogen and oxygen atoms in total. The van der Waals surface area contributed by atoms with Gasteiger partial charge in [-0.15, -0.1) is 0 Å². The predicted octanol–water partition coefficient (Wildman–Crippen LogP) is 3.17. The van der Waals surface area contributed by atoms with Crippen LogP contribution < -0.4 is 4.74 Å². The van der Waals surface area contributed by atoms with Crippen molar-refractivity contribution in [2.45, 2.75) is 6.42 Å². The van der Waals surface area contributed by atoms with Crippen molar-refractivity contribution >= 4 is 17.8 Å². The molecule has 0 fully saturated rings. The summed E-state index contributed by atoms with van der Waals surface area (Å²) in [6.45, 7) is 8.27. The van der Waals surface area contributed by atoms with Crippen LogP contribution in [0.5, 0.6) is 5.75 Å². The summed E-state index contributed by atoms with van der Waals surface area (Å²) in [6, 6.07) is 6.76. The minimum Gasteiger partial charge on any atom is -0.420 e. The average Bonchev–Trinajstić information content (AvgIpc) is 3.53. The molecule has 0 radical (unpaired) electrons. The Labute approximate surface area is 362 Å². The van der Waals surface area contributed by atoms with Crippen LogP contribution in [-0.4, -0.2) is 188 Å². The molecule has 1 aliphatic rings. The number of rotatable bonds is 40. The normalized spacial score (nSPS) is 12.5. The molecule has 22 heteroatoms. The molecule has 63 heavy (non-hydrogen) atoms. The van der Waals surface area contributed by atoms with Crippen LogP contribution in [0, 0.1) is 29.1 Å². The molecule has 0 bridgehead atoms. The summed E-state index contributed by atoms with van der Waals surface area (Å²) in [4.78, 5) is 37.5. The molecule has 1 aliphatic heterocycles. The van der Waals surface area contributed by atoms with Crippen molar-refractivity contribution in [1.29, 1.82) is 0 Å². The third-order valence-electron chi connectivity index (χ3n) is 8.27. The lowest BCUT2D eigenvalue weighted by atomic mass is 10.1. The Morgan fingerprint density at radius 1 is 0.381 bits per heavy atom. The molecule has 2 amide bonds. The number of ether oxygens (including phenoxy) is 13. The van der Waals surface area contributed by atoms with E-state index in [1.165, 1.54) is 4.90 Å². The number of esters is 1. The number of nitrogens with zero attached hydrogens (tertiary/aromatic N) is 1. The highest BCUT2D eigenvalue weighted by molar-refractivity contribution is 6.21. The van der Waals surface area contributed by atoms with E-state index in [2.05, 4.69) is 4.74 Å². The van der Waals surface area contributed by atoms with Crippen molar-refractivity contribution in [3.05, 3.63) is 64.5 Å². The van der Waals surface area contributed by atoms with Crippen LogP contribution in [0.4, 0.5) is 22.0 Å². The number of benzene rings is 2. The number of halogens is 5. The van der Waals surface area contributed by atoms with Crippen LogP contribution in [-0.2, 0) is 61.6 Å². The first-order chi connectivity index (χ1) is 30.7. The van der Waals surface area contributed by atoms with E-state index in [1.807, 2.05) is 0 Å². The quantitative estimate of drug-likeness (QED) is 0.0181. The summed E-state index contributed by atoms with van der Waals surface area (Å²) < 4.78 is 136. The zero-order valence-corrected chi connectivity index (χ0v) is 35.1. The van der Waals surface area contributed by atoms with E-state index in [9.17, 15) is 36.3 Å². The van der Waals surface area contributed by atoms with Gasteiger partial charge < -0.3 is 61.6 Å². The van der Waals surface area contributed by atoms with Crippen molar-refractivity contribution < 1.29 is 97.9 Å². The highest BCUT2D eigenvalue weighted by Gasteiger charge is 2.34. The van der Waals surface area contributed by atoms with Gasteiger partial charge in [0.1, 0.15) is 0 Å². The number of hydrogen-bond acceptors (Lipinski definition) is 16. The first-order valence-corrected chi connectivity index (χ1v) is 20.3. The summed E-state index contributed by atoms with van der Waals surface area (Å²) in [5.74, 6) is -14.8. The lowest BCUT2D eigenvalue weighted by Gasteiger charge is -2.13. The van der Waals surface area contributed by atoms with E-state index in [1.54, 1.807) is 24.3 Å². The zero-order chi connectivity index (χ0) is 45.3. The van der Waals surface area contributed by atoms with E-state index < -0.39 is 47.2 Å². The molecule has 3 rings (SSSR count). The molecular weight excluding hydrogens is 857 g/mol. The van der Waals surface area contributed by atoms with Crippen LogP contribution in [0.3, 0.4) is 0 Å². The number of amides is 2. The third-order valence-corrected chi connectivity index (χ3v) is 8.27. The average molecular weight is 914 g/mol. The molecule has 0 saturated heterocycles. The first-order valence-electron chi connectivity index (χ1n) is 20.3. The number of imide groups is 1. The number of carbonyl (C=O) groups excluding carboxylic acids is 3. The molecule has 0 unspecified atom stereocenters. The van der Waals surface area contributed by atoms with Gasteiger partial charge in [-0.2, -0.15) is 8.78 Å². The fourth-order valence-electron chi connectivity index (χ4n) is 5.11. The fraction of sp³-hybridized carbons (Fsp3) is 0.634. The molecule has 356 valence electrons. The molecule has 2 aromatic carbocycles. The van der Waals surface area contributed by atoms with E-state index in [0.29, 0.717) is 137 Å². The minimum atomic E-state index is -2.35.